The monoisotopic (exact) mass is 497 g/mol. The first-order valence-corrected chi connectivity index (χ1v) is 13.0. The van der Waals surface area contributed by atoms with Gasteiger partial charge < -0.3 is 15.4 Å². The van der Waals surface area contributed by atoms with Gasteiger partial charge in [-0.3, -0.25) is 14.5 Å². The maximum atomic E-state index is 13.0. The van der Waals surface area contributed by atoms with Crippen molar-refractivity contribution in [1.82, 2.24) is 15.5 Å². The molecule has 2 amide bonds. The molecule has 0 bridgehead atoms. The third-order valence-corrected chi connectivity index (χ3v) is 7.64. The van der Waals surface area contributed by atoms with Crippen molar-refractivity contribution >= 4 is 11.8 Å². The molecule has 37 heavy (non-hydrogen) atoms. The van der Waals surface area contributed by atoms with E-state index >= 15 is 0 Å². The van der Waals surface area contributed by atoms with Crippen LogP contribution < -0.4 is 15.4 Å². The molecule has 1 heterocycles. The minimum atomic E-state index is -0.169. The van der Waals surface area contributed by atoms with E-state index in [0.717, 1.165) is 42.1 Å². The van der Waals surface area contributed by atoms with E-state index in [1.54, 1.807) is 7.11 Å². The number of piperidine rings is 1. The average Bonchev–Trinajstić information content (AvgIpc) is 3.34. The van der Waals surface area contributed by atoms with Gasteiger partial charge in [0.15, 0.2) is 0 Å². The lowest BCUT2D eigenvalue weighted by Crippen LogP contribution is -2.41. The van der Waals surface area contributed by atoms with Gasteiger partial charge in [-0.05, 0) is 36.0 Å². The summed E-state index contributed by atoms with van der Waals surface area (Å²) >= 11 is 0. The van der Waals surface area contributed by atoms with Crippen molar-refractivity contribution in [2.45, 2.75) is 31.8 Å². The van der Waals surface area contributed by atoms with Gasteiger partial charge in [0.2, 0.25) is 11.8 Å². The molecule has 0 aromatic heterocycles. The largest absolute Gasteiger partial charge is 0.496 e. The summed E-state index contributed by atoms with van der Waals surface area (Å²) in [6.45, 7) is 5.00. The third kappa shape index (κ3) is 6.03. The number of fused-ring (bicyclic) bond motifs is 1. The number of hydrogen-bond donors (Lipinski definition) is 2. The van der Waals surface area contributed by atoms with Crippen LogP contribution in [0.15, 0.2) is 78.9 Å². The Kier molecular flexibility index (Phi) is 7.56. The van der Waals surface area contributed by atoms with E-state index in [2.05, 4.69) is 45.9 Å². The minimum Gasteiger partial charge on any atom is -0.496 e. The maximum absolute atomic E-state index is 13.0. The molecule has 2 aliphatic rings. The first-order chi connectivity index (χ1) is 18.0. The quantitative estimate of drug-likeness (QED) is 0.446. The van der Waals surface area contributed by atoms with E-state index in [-0.39, 0.29) is 36.7 Å². The normalized spacial score (nSPS) is 21.1. The van der Waals surface area contributed by atoms with E-state index in [0.29, 0.717) is 11.8 Å². The van der Waals surface area contributed by atoms with Gasteiger partial charge in [-0.2, -0.15) is 0 Å². The summed E-state index contributed by atoms with van der Waals surface area (Å²) < 4.78 is 5.61. The molecule has 2 fully saturated rings. The summed E-state index contributed by atoms with van der Waals surface area (Å²) in [4.78, 5) is 28.0. The molecule has 1 aliphatic heterocycles. The summed E-state index contributed by atoms with van der Waals surface area (Å²) in [5.41, 5.74) is 4.44. The molecule has 3 aromatic rings. The summed E-state index contributed by atoms with van der Waals surface area (Å²) in [5.74, 6) is 1.34. The highest BCUT2D eigenvalue weighted by atomic mass is 16.5. The summed E-state index contributed by atoms with van der Waals surface area (Å²) in [6, 6.07) is 26.7. The molecule has 6 nitrogen and oxygen atoms in total. The predicted octanol–water partition coefficient (Wildman–Crippen LogP) is 3.89. The van der Waals surface area contributed by atoms with Crippen LogP contribution in [0.1, 0.15) is 34.6 Å². The van der Waals surface area contributed by atoms with Crippen molar-refractivity contribution in [3.8, 4) is 5.75 Å². The fourth-order valence-electron chi connectivity index (χ4n) is 5.69. The van der Waals surface area contributed by atoms with Gasteiger partial charge in [-0.25, -0.2) is 0 Å². The fraction of sp³-hybridized carbons (Fsp3) is 0.355. The maximum Gasteiger partial charge on any atom is 0.239 e. The van der Waals surface area contributed by atoms with Crippen LogP contribution >= 0.6 is 0 Å². The van der Waals surface area contributed by atoms with Crippen molar-refractivity contribution in [3.05, 3.63) is 101 Å². The van der Waals surface area contributed by atoms with Gasteiger partial charge in [0.1, 0.15) is 5.75 Å². The molecule has 3 aromatic carbocycles. The molecule has 1 saturated carbocycles. The molecule has 4 atom stereocenters. The molecule has 6 heteroatoms. The molecule has 192 valence electrons. The van der Waals surface area contributed by atoms with E-state index in [1.165, 1.54) is 5.56 Å². The number of nitrogens with zero attached hydrogens (tertiary/aromatic N) is 1. The predicted molar refractivity (Wildman–Crippen MR) is 144 cm³/mol. The molecular weight excluding hydrogens is 462 g/mol. The highest BCUT2D eigenvalue weighted by molar-refractivity contribution is 5.85. The molecule has 2 N–H and O–H groups in total. The lowest BCUT2D eigenvalue weighted by Gasteiger charge is -2.21. The molecule has 2 unspecified atom stereocenters. The van der Waals surface area contributed by atoms with E-state index in [4.69, 9.17) is 4.74 Å². The van der Waals surface area contributed by atoms with E-state index in [9.17, 15) is 9.59 Å². The zero-order valence-electron chi connectivity index (χ0n) is 21.5. The Bertz CT molecular complexity index is 1220. The van der Waals surface area contributed by atoms with Crippen LogP contribution in [0.4, 0.5) is 0 Å². The van der Waals surface area contributed by atoms with Crippen LogP contribution in [0.2, 0.25) is 0 Å². The van der Waals surface area contributed by atoms with Gasteiger partial charge in [0.05, 0.1) is 13.7 Å². The van der Waals surface area contributed by atoms with Gasteiger partial charge in [0.25, 0.3) is 0 Å². The SMILES string of the molecule is COc1ccc(C)cc1C(CC(=O)NCC(=O)NC1[C@H]2CN(Cc3ccccc3)C[C@@H]12)c1ccccc1. The number of amides is 2. The lowest BCUT2D eigenvalue weighted by molar-refractivity contribution is -0.126. The summed E-state index contributed by atoms with van der Waals surface area (Å²) in [5, 5.41) is 5.98. The molecule has 0 radical (unpaired) electrons. The van der Waals surface area contributed by atoms with Crippen molar-refractivity contribution < 1.29 is 14.3 Å². The molecular formula is C31H35N3O3. The summed E-state index contributed by atoms with van der Waals surface area (Å²) in [6.07, 6.45) is 0.236. The van der Waals surface area contributed by atoms with Crippen LogP contribution in [0, 0.1) is 18.8 Å². The second-order valence-corrected chi connectivity index (χ2v) is 10.3. The number of carbonyl (C=O) groups is 2. The number of nitrogens with one attached hydrogen (secondary N) is 2. The van der Waals surface area contributed by atoms with Crippen LogP contribution in [0.5, 0.6) is 5.75 Å². The van der Waals surface area contributed by atoms with Crippen LogP contribution in [0.25, 0.3) is 0 Å². The van der Waals surface area contributed by atoms with E-state index < -0.39 is 0 Å². The Hall–Kier alpha value is -3.64. The first-order valence-electron chi connectivity index (χ1n) is 13.0. The summed E-state index contributed by atoms with van der Waals surface area (Å²) in [7, 11) is 1.65. The Balaban J connectivity index is 1.12. The van der Waals surface area contributed by atoms with Gasteiger partial charge in [0, 0.05) is 43.6 Å². The Morgan fingerprint density at radius 2 is 1.62 bits per heavy atom. The number of likely N-dealkylation sites (tertiary alicyclic amines) is 1. The second-order valence-electron chi connectivity index (χ2n) is 10.3. The zero-order valence-corrected chi connectivity index (χ0v) is 21.5. The highest BCUT2D eigenvalue weighted by Crippen LogP contribution is 2.45. The van der Waals surface area contributed by atoms with E-state index in [1.807, 2.05) is 55.5 Å². The van der Waals surface area contributed by atoms with Crippen LogP contribution in [0.3, 0.4) is 0 Å². The van der Waals surface area contributed by atoms with Gasteiger partial charge in [-0.1, -0.05) is 78.4 Å². The lowest BCUT2D eigenvalue weighted by atomic mass is 9.87. The Morgan fingerprint density at radius 3 is 2.30 bits per heavy atom. The topological polar surface area (TPSA) is 70.7 Å². The van der Waals surface area contributed by atoms with Crippen LogP contribution in [-0.4, -0.2) is 49.5 Å². The minimum absolute atomic E-state index is 0.00500. The highest BCUT2D eigenvalue weighted by Gasteiger charge is 2.56. The number of aryl methyl sites for hydroxylation is 1. The molecule has 1 aliphatic carbocycles. The third-order valence-electron chi connectivity index (χ3n) is 7.64. The number of carbonyl (C=O) groups excluding carboxylic acids is 2. The first kappa shape index (κ1) is 25.0. The van der Waals surface area contributed by atoms with Crippen molar-refractivity contribution in [2.75, 3.05) is 26.7 Å². The Labute approximate surface area is 219 Å². The standard InChI is InChI=1S/C31H35N3O3/c1-21-13-14-28(37-2)25(15-21)24(23-11-7-4-8-12-23)16-29(35)32-17-30(36)33-31-26-19-34(20-27(26)31)18-22-9-5-3-6-10-22/h3-15,24,26-27,31H,16-20H2,1-2H3,(H,32,35)(H,33,36)/t24?,26-,27+,31?. The molecule has 0 spiro atoms. The van der Waals surface area contributed by atoms with Crippen molar-refractivity contribution in [1.29, 1.82) is 0 Å². The number of methoxy groups -OCH3 is 1. The zero-order chi connectivity index (χ0) is 25.8. The Morgan fingerprint density at radius 1 is 0.946 bits per heavy atom. The van der Waals surface area contributed by atoms with Crippen molar-refractivity contribution in [3.63, 3.8) is 0 Å². The van der Waals surface area contributed by atoms with Gasteiger partial charge in [-0.15, -0.1) is 0 Å². The second kappa shape index (κ2) is 11.2. The number of ether oxygens (including phenoxy) is 1. The fourth-order valence-corrected chi connectivity index (χ4v) is 5.69. The average molecular weight is 498 g/mol. The number of benzene rings is 3. The van der Waals surface area contributed by atoms with Crippen LogP contribution in [-0.2, 0) is 16.1 Å². The number of rotatable bonds is 10. The molecule has 5 rings (SSSR count). The molecule has 1 saturated heterocycles. The number of hydrogen-bond acceptors (Lipinski definition) is 4. The smallest absolute Gasteiger partial charge is 0.239 e. The van der Waals surface area contributed by atoms with Crippen molar-refractivity contribution in [2.24, 2.45) is 11.8 Å². The van der Waals surface area contributed by atoms with Gasteiger partial charge >= 0.3 is 0 Å².